The highest BCUT2D eigenvalue weighted by Gasteiger charge is 2.29. The van der Waals surface area contributed by atoms with Gasteiger partial charge in [-0.25, -0.2) is 8.42 Å². The van der Waals surface area contributed by atoms with Gasteiger partial charge in [-0.15, -0.1) is 11.6 Å². The highest BCUT2D eigenvalue weighted by atomic mass is 35.5. The summed E-state index contributed by atoms with van der Waals surface area (Å²) in [4.78, 5) is 2.51. The topological polar surface area (TPSA) is 40.6 Å². The van der Waals surface area contributed by atoms with Crippen LogP contribution in [0.5, 0.6) is 0 Å². The van der Waals surface area contributed by atoms with E-state index < -0.39 is 10.0 Å². The molecule has 0 radical (unpaired) electrons. The molecule has 0 N–H and O–H groups in total. The summed E-state index contributed by atoms with van der Waals surface area (Å²) in [5, 5.41) is 0. The molecule has 0 saturated carbocycles. The van der Waals surface area contributed by atoms with Crippen molar-refractivity contribution in [3.8, 4) is 0 Å². The number of nitrogens with zero attached hydrogens (tertiary/aromatic N) is 2. The zero-order valence-electron chi connectivity index (χ0n) is 11.9. The predicted octanol–water partition coefficient (Wildman–Crippen LogP) is 2.14. The summed E-state index contributed by atoms with van der Waals surface area (Å²) in [5.41, 5.74) is 0.830. The van der Waals surface area contributed by atoms with Gasteiger partial charge in [0.05, 0.1) is 4.90 Å². The van der Waals surface area contributed by atoms with Gasteiger partial charge in [-0.3, -0.25) is 0 Å². The molecule has 0 bridgehead atoms. The largest absolute Gasteiger partial charge is 0.306 e. The Balaban J connectivity index is 2.15. The van der Waals surface area contributed by atoms with Gasteiger partial charge in [0, 0.05) is 25.0 Å². The van der Waals surface area contributed by atoms with Crippen LogP contribution in [0.15, 0.2) is 29.2 Å². The molecule has 0 unspecified atom stereocenters. The summed E-state index contributed by atoms with van der Waals surface area (Å²) in [7, 11) is 0.693. The molecule has 1 heterocycles. The van der Waals surface area contributed by atoms with Crippen LogP contribution < -0.4 is 0 Å². The minimum absolute atomic E-state index is 0.325. The van der Waals surface area contributed by atoms with Gasteiger partial charge >= 0.3 is 0 Å². The SMILES string of the molecule is CN(C)C1CCN(S(=O)(=O)c2cccc(CCl)c2)CC1. The van der Waals surface area contributed by atoms with Crippen molar-refractivity contribution in [1.29, 1.82) is 0 Å². The van der Waals surface area contributed by atoms with Gasteiger partial charge in [0.1, 0.15) is 0 Å². The van der Waals surface area contributed by atoms with Crippen LogP contribution in [0.1, 0.15) is 18.4 Å². The summed E-state index contributed by atoms with van der Waals surface area (Å²) in [6.07, 6.45) is 1.75. The van der Waals surface area contributed by atoms with Gasteiger partial charge in [0.15, 0.2) is 0 Å². The molecule has 6 heteroatoms. The zero-order chi connectivity index (χ0) is 14.8. The summed E-state index contributed by atoms with van der Waals surface area (Å²) in [5.74, 6) is 0.325. The highest BCUT2D eigenvalue weighted by molar-refractivity contribution is 7.89. The Morgan fingerprint density at radius 2 is 1.95 bits per heavy atom. The molecule has 1 aromatic carbocycles. The molecular formula is C14H21ClN2O2S. The average Bonchev–Trinajstić information content (AvgIpc) is 2.47. The van der Waals surface area contributed by atoms with E-state index in [0.717, 1.165) is 18.4 Å². The van der Waals surface area contributed by atoms with Crippen LogP contribution in [0.25, 0.3) is 0 Å². The molecule has 1 saturated heterocycles. The van der Waals surface area contributed by atoms with Gasteiger partial charge in [0.2, 0.25) is 10.0 Å². The molecule has 0 aromatic heterocycles. The van der Waals surface area contributed by atoms with Crippen molar-refractivity contribution in [3.63, 3.8) is 0 Å². The molecule has 1 aromatic rings. The number of halogens is 1. The summed E-state index contributed by atoms with van der Waals surface area (Å²) < 4.78 is 26.8. The third-order valence-corrected chi connectivity index (χ3v) is 6.05. The van der Waals surface area contributed by atoms with E-state index in [0.29, 0.717) is 29.9 Å². The normalized spacial score (nSPS) is 18.6. The number of rotatable bonds is 4. The second-order valence-corrected chi connectivity index (χ2v) is 7.59. The average molecular weight is 317 g/mol. The highest BCUT2D eigenvalue weighted by Crippen LogP contribution is 2.23. The fourth-order valence-corrected chi connectivity index (χ4v) is 4.24. The van der Waals surface area contributed by atoms with Crippen LogP contribution in [0.4, 0.5) is 0 Å². The van der Waals surface area contributed by atoms with Crippen molar-refractivity contribution in [2.45, 2.75) is 29.7 Å². The summed E-state index contributed by atoms with van der Waals surface area (Å²) in [6.45, 7) is 1.16. The van der Waals surface area contributed by atoms with E-state index in [1.807, 2.05) is 20.2 Å². The predicted molar refractivity (Wildman–Crippen MR) is 81.5 cm³/mol. The van der Waals surface area contributed by atoms with Gasteiger partial charge in [0.25, 0.3) is 0 Å². The first-order chi connectivity index (χ1) is 9.45. The van der Waals surface area contributed by atoms with Crippen LogP contribution >= 0.6 is 11.6 Å². The quantitative estimate of drug-likeness (QED) is 0.799. The molecule has 4 nitrogen and oxygen atoms in total. The lowest BCUT2D eigenvalue weighted by atomic mass is 10.1. The standard InChI is InChI=1S/C14H21ClN2O2S/c1-16(2)13-6-8-17(9-7-13)20(18,19)14-5-3-4-12(10-14)11-15/h3-5,10,13H,6-9,11H2,1-2H3. The molecule has 1 aliphatic heterocycles. The Labute approximate surface area is 126 Å². The van der Waals surface area contributed by atoms with Crippen LogP contribution in [0.2, 0.25) is 0 Å². The minimum atomic E-state index is -3.39. The van der Waals surface area contributed by atoms with E-state index in [1.54, 1.807) is 22.5 Å². The lowest BCUT2D eigenvalue weighted by molar-refractivity contribution is 0.196. The molecule has 0 spiro atoms. The van der Waals surface area contributed by atoms with Gasteiger partial charge in [-0.2, -0.15) is 4.31 Å². The Morgan fingerprint density at radius 1 is 1.30 bits per heavy atom. The van der Waals surface area contributed by atoms with Crippen LogP contribution in [0.3, 0.4) is 0 Å². The monoisotopic (exact) mass is 316 g/mol. The molecule has 1 fully saturated rings. The van der Waals surface area contributed by atoms with Crippen LogP contribution in [-0.2, 0) is 15.9 Å². The van der Waals surface area contributed by atoms with E-state index >= 15 is 0 Å². The lowest BCUT2D eigenvalue weighted by Gasteiger charge is -2.34. The van der Waals surface area contributed by atoms with Crippen molar-refractivity contribution in [2.75, 3.05) is 27.2 Å². The summed E-state index contributed by atoms with van der Waals surface area (Å²) >= 11 is 5.77. The fourth-order valence-electron chi connectivity index (χ4n) is 2.54. The molecule has 112 valence electrons. The molecule has 0 aliphatic carbocycles. The molecule has 1 aliphatic rings. The number of alkyl halides is 1. The number of sulfonamides is 1. The number of hydrogen-bond donors (Lipinski definition) is 0. The second-order valence-electron chi connectivity index (χ2n) is 5.38. The first kappa shape index (κ1) is 15.8. The van der Waals surface area contributed by atoms with Gasteiger partial charge in [-0.05, 0) is 44.6 Å². The third-order valence-electron chi connectivity index (χ3n) is 3.84. The van der Waals surface area contributed by atoms with Crippen LogP contribution in [0, 0.1) is 0 Å². The Bertz CT molecular complexity index is 552. The van der Waals surface area contributed by atoms with E-state index in [9.17, 15) is 8.42 Å². The van der Waals surface area contributed by atoms with Crippen molar-refractivity contribution < 1.29 is 8.42 Å². The maximum absolute atomic E-state index is 12.6. The summed E-state index contributed by atoms with van der Waals surface area (Å²) in [6, 6.07) is 7.36. The molecule has 2 rings (SSSR count). The first-order valence-electron chi connectivity index (χ1n) is 6.76. The van der Waals surface area contributed by atoms with Crippen LogP contribution in [-0.4, -0.2) is 50.8 Å². The first-order valence-corrected chi connectivity index (χ1v) is 8.74. The fraction of sp³-hybridized carbons (Fsp3) is 0.571. The maximum Gasteiger partial charge on any atom is 0.243 e. The second kappa shape index (κ2) is 6.43. The van der Waals surface area contributed by atoms with Crippen molar-refractivity contribution in [2.24, 2.45) is 0 Å². The van der Waals surface area contributed by atoms with E-state index in [-0.39, 0.29) is 0 Å². The molecule has 20 heavy (non-hydrogen) atoms. The number of benzene rings is 1. The Morgan fingerprint density at radius 3 is 2.50 bits per heavy atom. The van der Waals surface area contributed by atoms with Crippen molar-refractivity contribution in [1.82, 2.24) is 9.21 Å². The van der Waals surface area contributed by atoms with E-state index in [4.69, 9.17) is 11.6 Å². The maximum atomic E-state index is 12.6. The number of hydrogen-bond acceptors (Lipinski definition) is 3. The third kappa shape index (κ3) is 3.34. The zero-order valence-corrected chi connectivity index (χ0v) is 13.5. The van der Waals surface area contributed by atoms with E-state index in [1.165, 1.54) is 0 Å². The van der Waals surface area contributed by atoms with Gasteiger partial charge < -0.3 is 4.90 Å². The number of piperidine rings is 1. The Kier molecular flexibility index (Phi) is 5.07. The van der Waals surface area contributed by atoms with Crippen molar-refractivity contribution >= 4 is 21.6 Å². The Hall–Kier alpha value is -0.620. The minimum Gasteiger partial charge on any atom is -0.306 e. The molecule has 0 atom stereocenters. The van der Waals surface area contributed by atoms with Crippen molar-refractivity contribution in [3.05, 3.63) is 29.8 Å². The lowest BCUT2D eigenvalue weighted by Crippen LogP contribution is -2.44. The van der Waals surface area contributed by atoms with E-state index in [2.05, 4.69) is 4.90 Å². The molecule has 0 amide bonds. The smallest absolute Gasteiger partial charge is 0.243 e. The van der Waals surface area contributed by atoms with Gasteiger partial charge in [-0.1, -0.05) is 12.1 Å². The molecular weight excluding hydrogens is 296 g/mol.